The van der Waals surface area contributed by atoms with Gasteiger partial charge in [0.05, 0.1) is 12.2 Å². The topological polar surface area (TPSA) is 97.8 Å². The fraction of sp³-hybridized carbons (Fsp3) is 0.435. The van der Waals surface area contributed by atoms with Crippen molar-refractivity contribution in [1.29, 1.82) is 0 Å². The highest BCUT2D eigenvalue weighted by Gasteiger charge is 2.29. The van der Waals surface area contributed by atoms with E-state index in [9.17, 15) is 4.79 Å². The van der Waals surface area contributed by atoms with Gasteiger partial charge in [0.25, 0.3) is 0 Å². The average Bonchev–Trinajstić information content (AvgIpc) is 3.18. The molecular formula is C23H28N6O2. The minimum Gasteiger partial charge on any atom is -0.484 e. The summed E-state index contributed by atoms with van der Waals surface area (Å²) in [6.45, 7) is 3.24. The van der Waals surface area contributed by atoms with E-state index in [4.69, 9.17) is 10.5 Å². The summed E-state index contributed by atoms with van der Waals surface area (Å²) in [5.74, 6) is 1.65. The number of carbonyl (C=O) groups excluding carboxylic acids is 1. The van der Waals surface area contributed by atoms with E-state index in [1.807, 2.05) is 40.9 Å². The van der Waals surface area contributed by atoms with E-state index in [1.165, 1.54) is 19.3 Å². The summed E-state index contributed by atoms with van der Waals surface area (Å²) in [6, 6.07) is 11.8. The Hall–Kier alpha value is -3.29. The van der Waals surface area contributed by atoms with Gasteiger partial charge in [-0.05, 0) is 62.3 Å². The molecule has 1 fully saturated rings. The van der Waals surface area contributed by atoms with Gasteiger partial charge in [0.1, 0.15) is 11.9 Å². The first kappa shape index (κ1) is 19.7. The van der Waals surface area contributed by atoms with Crippen LogP contribution in [0.3, 0.4) is 0 Å². The molecule has 8 nitrogen and oxygen atoms in total. The van der Waals surface area contributed by atoms with Crippen molar-refractivity contribution in [3.05, 3.63) is 53.7 Å². The molecule has 0 bridgehead atoms. The number of nitrogens with two attached hydrogens (primary N) is 1. The Morgan fingerprint density at radius 1 is 1.10 bits per heavy atom. The van der Waals surface area contributed by atoms with Crippen LogP contribution in [0.2, 0.25) is 0 Å². The number of hydrogen-bond donors (Lipinski definition) is 2. The van der Waals surface area contributed by atoms with Gasteiger partial charge >= 0.3 is 6.03 Å². The number of fused-ring (bicyclic) bond motifs is 2. The van der Waals surface area contributed by atoms with Crippen LogP contribution in [0.15, 0.2) is 42.6 Å². The number of primary amides is 1. The third-order valence-corrected chi connectivity index (χ3v) is 6.45. The van der Waals surface area contributed by atoms with Crippen LogP contribution in [0.4, 0.5) is 10.7 Å². The van der Waals surface area contributed by atoms with E-state index in [0.717, 1.165) is 47.9 Å². The molecule has 2 amide bonds. The van der Waals surface area contributed by atoms with E-state index in [0.29, 0.717) is 6.04 Å². The quantitative estimate of drug-likeness (QED) is 0.670. The summed E-state index contributed by atoms with van der Waals surface area (Å²) < 4.78 is 8.47. The van der Waals surface area contributed by atoms with Crippen molar-refractivity contribution in [2.75, 3.05) is 11.4 Å². The van der Waals surface area contributed by atoms with Gasteiger partial charge in [0, 0.05) is 12.6 Å². The fourth-order valence-electron chi connectivity index (χ4n) is 4.88. The fourth-order valence-corrected chi connectivity index (χ4v) is 4.88. The van der Waals surface area contributed by atoms with Crippen LogP contribution in [-0.4, -0.2) is 33.2 Å². The predicted molar refractivity (Wildman–Crippen MR) is 118 cm³/mol. The highest BCUT2D eigenvalue weighted by atomic mass is 16.5. The lowest BCUT2D eigenvalue weighted by atomic mass is 9.85. The number of hydrogen-bond acceptors (Lipinski definition) is 5. The molecule has 1 saturated heterocycles. The second-order valence-electron chi connectivity index (χ2n) is 8.51. The summed E-state index contributed by atoms with van der Waals surface area (Å²) in [6.07, 6.45) is 7.07. The highest BCUT2D eigenvalue weighted by molar-refractivity contribution is 5.72. The lowest BCUT2D eigenvalue weighted by Crippen LogP contribution is -2.38. The van der Waals surface area contributed by atoms with Gasteiger partial charge in [-0.15, -0.1) is 10.2 Å². The van der Waals surface area contributed by atoms with Crippen molar-refractivity contribution in [2.45, 2.75) is 57.2 Å². The average molecular weight is 421 g/mol. The van der Waals surface area contributed by atoms with E-state index < -0.39 is 6.03 Å². The molecule has 0 radical (unpaired) electrons. The summed E-state index contributed by atoms with van der Waals surface area (Å²) >= 11 is 0. The molecule has 3 atom stereocenters. The molecule has 5 rings (SSSR count). The van der Waals surface area contributed by atoms with Gasteiger partial charge in [0.2, 0.25) is 5.95 Å². The van der Waals surface area contributed by atoms with Crippen LogP contribution in [0.5, 0.6) is 5.75 Å². The highest BCUT2D eigenvalue weighted by Crippen LogP contribution is 2.39. The van der Waals surface area contributed by atoms with E-state index in [1.54, 1.807) is 0 Å². The number of anilines is 1. The van der Waals surface area contributed by atoms with Gasteiger partial charge in [0.15, 0.2) is 5.65 Å². The first-order valence-corrected chi connectivity index (χ1v) is 11.0. The molecule has 1 unspecified atom stereocenters. The molecule has 162 valence electrons. The van der Waals surface area contributed by atoms with Crippen molar-refractivity contribution in [3.63, 3.8) is 0 Å². The Morgan fingerprint density at radius 3 is 2.74 bits per heavy atom. The lowest BCUT2D eigenvalue weighted by molar-refractivity contribution is 0.171. The van der Waals surface area contributed by atoms with Crippen molar-refractivity contribution in [2.24, 2.45) is 5.73 Å². The third-order valence-electron chi connectivity index (χ3n) is 6.45. The maximum absolute atomic E-state index is 11.4. The molecule has 0 saturated carbocycles. The van der Waals surface area contributed by atoms with Gasteiger partial charge in [-0.2, -0.15) is 0 Å². The van der Waals surface area contributed by atoms with Gasteiger partial charge in [-0.3, -0.25) is 4.40 Å². The Bertz CT molecular complexity index is 1100. The summed E-state index contributed by atoms with van der Waals surface area (Å²) in [5.41, 5.74) is 8.33. The number of rotatable bonds is 4. The maximum atomic E-state index is 11.4. The number of nitrogens with one attached hydrogen (secondary N) is 1. The summed E-state index contributed by atoms with van der Waals surface area (Å²) in [4.78, 5) is 13.7. The number of nitrogens with zero attached hydrogens (tertiary/aromatic N) is 4. The number of carbonyl (C=O) groups is 1. The Kier molecular flexibility index (Phi) is 5.13. The Morgan fingerprint density at radius 2 is 1.94 bits per heavy atom. The third kappa shape index (κ3) is 3.78. The first-order chi connectivity index (χ1) is 15.1. The zero-order valence-electron chi connectivity index (χ0n) is 17.7. The molecule has 0 spiro atoms. The maximum Gasteiger partial charge on any atom is 0.312 e. The van der Waals surface area contributed by atoms with Crippen LogP contribution >= 0.6 is 0 Å². The Labute approximate surface area is 181 Å². The van der Waals surface area contributed by atoms with Crippen LogP contribution in [-0.2, 0) is 0 Å². The molecule has 8 heteroatoms. The molecule has 1 aromatic carbocycles. The minimum absolute atomic E-state index is 0.0823. The zero-order valence-corrected chi connectivity index (χ0v) is 17.7. The summed E-state index contributed by atoms with van der Waals surface area (Å²) in [5, 5.41) is 11.7. The number of amides is 2. The molecule has 2 aromatic heterocycles. The molecule has 3 aromatic rings. The molecule has 2 aliphatic rings. The van der Waals surface area contributed by atoms with Crippen LogP contribution in [0.1, 0.15) is 62.3 Å². The number of pyridine rings is 1. The molecule has 1 aliphatic heterocycles. The largest absolute Gasteiger partial charge is 0.484 e. The summed E-state index contributed by atoms with van der Waals surface area (Å²) in [7, 11) is 0. The molecule has 31 heavy (non-hydrogen) atoms. The SMILES string of the molecule is CC1CCCCN1c1nnc2ccc(O[C@@H]3CC[C@H](NC(N)=O)c4ccccc43)cn12. The van der Waals surface area contributed by atoms with Crippen molar-refractivity contribution < 1.29 is 9.53 Å². The molecular weight excluding hydrogens is 392 g/mol. The number of aromatic nitrogens is 3. The standard InChI is InChI=1S/C23H28N6O2/c1-15-6-4-5-13-28(15)23-27-26-21-12-9-16(14-29(21)23)31-20-11-10-19(25-22(24)30)17-7-2-3-8-18(17)20/h2-3,7-9,12,14-15,19-20H,4-6,10-11,13H2,1H3,(H3,24,25,30)/t15?,19-,20+/m0/s1. The predicted octanol–water partition coefficient (Wildman–Crippen LogP) is 3.73. The second kappa shape index (κ2) is 8.09. The number of ether oxygens (including phenoxy) is 1. The molecule has 1 aliphatic carbocycles. The van der Waals surface area contributed by atoms with Crippen LogP contribution in [0.25, 0.3) is 5.65 Å². The second-order valence-corrected chi connectivity index (χ2v) is 8.51. The van der Waals surface area contributed by atoms with Gasteiger partial charge in [-0.25, -0.2) is 4.79 Å². The lowest BCUT2D eigenvalue weighted by Gasteiger charge is -2.33. The number of piperidine rings is 1. The van der Waals surface area contributed by atoms with Crippen LogP contribution < -0.4 is 20.7 Å². The van der Waals surface area contributed by atoms with Crippen molar-refractivity contribution >= 4 is 17.6 Å². The monoisotopic (exact) mass is 420 g/mol. The van der Waals surface area contributed by atoms with E-state index in [2.05, 4.69) is 33.4 Å². The van der Waals surface area contributed by atoms with Gasteiger partial charge < -0.3 is 20.7 Å². The molecule has 3 heterocycles. The van der Waals surface area contributed by atoms with Crippen LogP contribution in [0, 0.1) is 0 Å². The Balaban J connectivity index is 1.43. The van der Waals surface area contributed by atoms with Crippen molar-refractivity contribution in [1.82, 2.24) is 19.9 Å². The van der Waals surface area contributed by atoms with E-state index >= 15 is 0 Å². The normalized spacial score (nSPS) is 23.4. The minimum atomic E-state index is -0.503. The zero-order chi connectivity index (χ0) is 21.4. The number of urea groups is 1. The number of benzene rings is 1. The smallest absolute Gasteiger partial charge is 0.312 e. The van der Waals surface area contributed by atoms with Gasteiger partial charge in [-0.1, -0.05) is 24.3 Å². The first-order valence-electron chi connectivity index (χ1n) is 11.0. The van der Waals surface area contributed by atoms with Crippen molar-refractivity contribution in [3.8, 4) is 5.75 Å². The molecule has 3 N–H and O–H groups in total. The van der Waals surface area contributed by atoms with E-state index in [-0.39, 0.29) is 12.1 Å².